The maximum atomic E-state index is 12.4. The third-order valence-electron chi connectivity index (χ3n) is 16.4. The number of cyclic esters (lactones) is 2. The SMILES string of the molecule is COC(=O)c1cc(Oc2ccc(C3(c4ccc(Oc5ccc6c(c5)C(=O)OC6=O)cc4)CCC4(C)C(CCC5C4CCC4(C)C(SCCCC(C)C)CCC54)C3)cc2)ccc1C=O. The Bertz CT molecular complexity index is 2390. The lowest BCUT2D eigenvalue weighted by atomic mass is 9.42. The van der Waals surface area contributed by atoms with E-state index in [-0.39, 0.29) is 33.1 Å². The smallest absolute Gasteiger partial charge is 0.347 e. The van der Waals surface area contributed by atoms with Crippen molar-refractivity contribution in [2.45, 2.75) is 109 Å². The summed E-state index contributed by atoms with van der Waals surface area (Å²) in [7, 11) is 1.29. The van der Waals surface area contributed by atoms with Crippen LogP contribution < -0.4 is 9.47 Å². The summed E-state index contributed by atoms with van der Waals surface area (Å²) < 4.78 is 22.2. The molecule has 8 atom stereocenters. The van der Waals surface area contributed by atoms with Crippen molar-refractivity contribution in [3.05, 3.63) is 118 Å². The molecule has 0 bridgehead atoms. The minimum atomic E-state index is -0.657. The van der Waals surface area contributed by atoms with Crippen LogP contribution in [0.4, 0.5) is 0 Å². The van der Waals surface area contributed by atoms with E-state index in [9.17, 15) is 19.2 Å². The molecule has 0 spiro atoms. The number of carbonyl (C=O) groups excluding carboxylic acids is 4. The molecule has 8 unspecified atom stereocenters. The topological polar surface area (TPSA) is 105 Å². The van der Waals surface area contributed by atoms with E-state index >= 15 is 0 Å². The van der Waals surface area contributed by atoms with Gasteiger partial charge in [-0.15, -0.1) is 0 Å². The highest BCUT2D eigenvalue weighted by molar-refractivity contribution is 7.99. The maximum Gasteiger partial charge on any atom is 0.347 e. The normalized spacial score (nSPS) is 29.5. The van der Waals surface area contributed by atoms with Gasteiger partial charge in [-0.1, -0.05) is 58.4 Å². The third kappa shape index (κ3) is 7.91. The zero-order valence-corrected chi connectivity index (χ0v) is 38.1. The average Bonchev–Trinajstić information content (AvgIpc) is 3.78. The summed E-state index contributed by atoms with van der Waals surface area (Å²) in [5.41, 5.74) is 3.85. The first kappa shape index (κ1) is 43.4. The number of thioether (sulfide) groups is 1. The highest BCUT2D eigenvalue weighted by Gasteiger charge is 2.61. The van der Waals surface area contributed by atoms with Crippen molar-refractivity contribution in [2.24, 2.45) is 40.4 Å². The molecule has 0 radical (unpaired) electrons. The zero-order valence-electron chi connectivity index (χ0n) is 37.3. The molecule has 0 aromatic heterocycles. The molecule has 4 saturated carbocycles. The molecule has 4 aromatic rings. The van der Waals surface area contributed by atoms with Crippen LogP contribution in [-0.4, -0.2) is 42.3 Å². The van der Waals surface area contributed by atoms with E-state index in [1.165, 1.54) is 75.4 Å². The Labute approximate surface area is 376 Å². The van der Waals surface area contributed by atoms with Crippen LogP contribution in [0, 0.1) is 40.4 Å². The van der Waals surface area contributed by atoms with Gasteiger partial charge in [-0.2, -0.15) is 11.8 Å². The summed E-state index contributed by atoms with van der Waals surface area (Å²) in [4.78, 5) is 48.3. The van der Waals surface area contributed by atoms with Crippen molar-refractivity contribution in [3.63, 3.8) is 0 Å². The van der Waals surface area contributed by atoms with Gasteiger partial charge < -0.3 is 18.9 Å². The lowest BCUT2D eigenvalue weighted by Crippen LogP contribution is -2.55. The Morgan fingerprint density at radius 3 is 2.05 bits per heavy atom. The lowest BCUT2D eigenvalue weighted by Gasteiger charge is -2.63. The van der Waals surface area contributed by atoms with Crippen LogP contribution in [-0.2, 0) is 14.9 Å². The van der Waals surface area contributed by atoms with Gasteiger partial charge in [-0.05, 0) is 182 Å². The first-order chi connectivity index (χ1) is 30.3. The summed E-state index contributed by atoms with van der Waals surface area (Å²) in [6, 6.07) is 26.5. The molecule has 8 nitrogen and oxygen atoms in total. The van der Waals surface area contributed by atoms with E-state index in [1.54, 1.807) is 36.4 Å². The van der Waals surface area contributed by atoms with Crippen LogP contribution in [0.2, 0.25) is 0 Å². The molecule has 1 heterocycles. The lowest BCUT2D eigenvalue weighted by molar-refractivity contribution is -0.111. The van der Waals surface area contributed by atoms with Crippen molar-refractivity contribution in [1.82, 2.24) is 0 Å². The van der Waals surface area contributed by atoms with Gasteiger partial charge in [0.15, 0.2) is 6.29 Å². The van der Waals surface area contributed by atoms with Crippen molar-refractivity contribution >= 4 is 36.0 Å². The van der Waals surface area contributed by atoms with E-state index in [0.29, 0.717) is 40.6 Å². The van der Waals surface area contributed by atoms with Gasteiger partial charge in [0, 0.05) is 16.2 Å². The first-order valence-electron chi connectivity index (χ1n) is 23.1. The molecule has 0 saturated heterocycles. The number of esters is 3. The number of ether oxygens (including phenoxy) is 4. The van der Waals surface area contributed by atoms with Gasteiger partial charge >= 0.3 is 17.9 Å². The van der Waals surface area contributed by atoms with Gasteiger partial charge in [0.2, 0.25) is 0 Å². The molecule has 9 heteroatoms. The predicted molar refractivity (Wildman–Crippen MR) is 245 cm³/mol. The molecular formula is C54H60O8S. The number of methoxy groups -OCH3 is 1. The van der Waals surface area contributed by atoms with Crippen molar-refractivity contribution in [3.8, 4) is 23.0 Å². The summed E-state index contributed by atoms with van der Waals surface area (Å²) >= 11 is 2.30. The number of hydrogen-bond donors (Lipinski definition) is 0. The monoisotopic (exact) mass is 868 g/mol. The molecular weight excluding hydrogens is 809 g/mol. The van der Waals surface area contributed by atoms with Crippen LogP contribution >= 0.6 is 11.8 Å². The van der Waals surface area contributed by atoms with E-state index in [4.69, 9.17) is 18.9 Å². The number of rotatable bonds is 13. The second-order valence-electron chi connectivity index (χ2n) is 20.0. The number of hydrogen-bond acceptors (Lipinski definition) is 9. The van der Waals surface area contributed by atoms with E-state index < -0.39 is 17.9 Å². The van der Waals surface area contributed by atoms with Gasteiger partial charge in [0.1, 0.15) is 23.0 Å². The molecule has 5 aliphatic rings. The summed E-state index contributed by atoms with van der Waals surface area (Å²) in [5.74, 6) is 5.35. The van der Waals surface area contributed by atoms with Gasteiger partial charge in [-0.25, -0.2) is 14.4 Å². The van der Waals surface area contributed by atoms with Crippen molar-refractivity contribution in [2.75, 3.05) is 12.9 Å². The van der Waals surface area contributed by atoms with Crippen LogP contribution in [0.25, 0.3) is 0 Å². The van der Waals surface area contributed by atoms with Gasteiger partial charge in [-0.3, -0.25) is 4.79 Å². The Hall–Kier alpha value is -4.89. The quantitative estimate of drug-likeness (QED) is 0.0562. The largest absolute Gasteiger partial charge is 0.465 e. The predicted octanol–water partition coefficient (Wildman–Crippen LogP) is 13.0. The fraction of sp³-hybridized carbons (Fsp3) is 0.481. The van der Waals surface area contributed by atoms with E-state index in [1.807, 2.05) is 24.3 Å². The van der Waals surface area contributed by atoms with Crippen LogP contribution in [0.1, 0.15) is 151 Å². The molecule has 1 aliphatic heterocycles. The molecule has 4 aliphatic carbocycles. The molecule has 0 amide bonds. The maximum absolute atomic E-state index is 12.4. The second kappa shape index (κ2) is 17.2. The first-order valence-corrected chi connectivity index (χ1v) is 24.2. The number of carbonyl (C=O) groups is 4. The number of aldehydes is 1. The van der Waals surface area contributed by atoms with E-state index in [0.717, 1.165) is 48.2 Å². The molecule has 63 heavy (non-hydrogen) atoms. The highest BCUT2D eigenvalue weighted by atomic mass is 32.2. The van der Waals surface area contributed by atoms with Crippen LogP contribution in [0.5, 0.6) is 23.0 Å². The summed E-state index contributed by atoms with van der Waals surface area (Å²) in [6.07, 6.45) is 14.6. The standard InChI is InChI=1S/C54H60O8S/c1-33(2)7-6-28-63-48-23-22-46-43-20-13-37-31-54(27-26-52(37,3)47(43)24-25-53(46,48)4,35-9-15-38(16-10-35)60-40-14-8-34(32-55)44(29-40)49(56)59-5)36-11-17-39(18-12-36)61-41-19-21-42-45(30-41)51(58)62-50(42)57/h8-12,14-19,21,29-30,32-33,37,43,46-48H,6-7,13,20,22-28,31H2,1-5H3. The molecule has 0 N–H and O–H groups in total. The minimum Gasteiger partial charge on any atom is -0.465 e. The highest BCUT2D eigenvalue weighted by Crippen LogP contribution is 2.69. The Balaban J connectivity index is 0.983. The minimum absolute atomic E-state index is 0.160. The summed E-state index contributed by atoms with van der Waals surface area (Å²) in [5, 5.41) is 0.799. The van der Waals surface area contributed by atoms with Gasteiger partial charge in [0.25, 0.3) is 0 Å². The van der Waals surface area contributed by atoms with E-state index in [2.05, 4.69) is 63.7 Å². The second-order valence-corrected chi connectivity index (χ2v) is 21.3. The fourth-order valence-electron chi connectivity index (χ4n) is 13.0. The average molecular weight is 869 g/mol. The Morgan fingerprint density at radius 1 is 0.746 bits per heavy atom. The number of fused-ring (bicyclic) bond motifs is 6. The molecule has 4 aromatic carbocycles. The van der Waals surface area contributed by atoms with Gasteiger partial charge in [0.05, 0.1) is 23.8 Å². The van der Waals surface area contributed by atoms with Crippen molar-refractivity contribution < 1.29 is 38.1 Å². The number of benzene rings is 4. The zero-order chi connectivity index (χ0) is 44.1. The molecule has 4 fully saturated rings. The van der Waals surface area contributed by atoms with Crippen molar-refractivity contribution in [1.29, 1.82) is 0 Å². The summed E-state index contributed by atoms with van der Waals surface area (Å²) in [6.45, 7) is 10.0. The Kier molecular flexibility index (Phi) is 11.9. The third-order valence-corrected chi connectivity index (χ3v) is 18.1. The molecule has 9 rings (SSSR count). The van der Waals surface area contributed by atoms with Crippen LogP contribution in [0.15, 0.2) is 84.9 Å². The van der Waals surface area contributed by atoms with Crippen LogP contribution in [0.3, 0.4) is 0 Å². The Morgan fingerprint density at radius 2 is 1.38 bits per heavy atom. The fourth-order valence-corrected chi connectivity index (χ4v) is 14.6. The molecule has 330 valence electrons.